The van der Waals surface area contributed by atoms with E-state index in [2.05, 4.69) is 0 Å². The summed E-state index contributed by atoms with van der Waals surface area (Å²) in [6.07, 6.45) is 0. The maximum atomic E-state index is 12.0. The molecule has 1 aliphatic rings. The fourth-order valence-corrected chi connectivity index (χ4v) is 3.50. The average molecular weight is 311 g/mol. The van der Waals surface area contributed by atoms with Crippen LogP contribution in [0.2, 0.25) is 0 Å². The molecule has 1 heterocycles. The number of alkyl halides is 2. The van der Waals surface area contributed by atoms with Crippen molar-refractivity contribution in [3.05, 3.63) is 22.8 Å². The van der Waals surface area contributed by atoms with Crippen LogP contribution < -0.4 is 4.90 Å². The molecule has 0 fully saturated rings. The second-order valence-electron chi connectivity index (χ2n) is 4.04. The normalized spacial score (nSPS) is 17.5. The third kappa shape index (κ3) is 1.75. The second-order valence-corrected chi connectivity index (χ2v) is 6.42. The van der Waals surface area contributed by atoms with Crippen LogP contribution in [0.3, 0.4) is 0 Å². The summed E-state index contributed by atoms with van der Waals surface area (Å²) < 4.78 is -1.51. The van der Waals surface area contributed by atoms with Gasteiger partial charge in [0.1, 0.15) is 0 Å². The van der Waals surface area contributed by atoms with E-state index in [4.69, 9.17) is 33.9 Å². The summed E-state index contributed by atoms with van der Waals surface area (Å²) in [6.45, 7) is 3.89. The lowest BCUT2D eigenvalue weighted by atomic mass is 10.0. The molecule has 0 N–H and O–H groups in total. The lowest BCUT2D eigenvalue weighted by Gasteiger charge is -2.16. The van der Waals surface area contributed by atoms with Crippen LogP contribution in [0.15, 0.2) is 11.0 Å². The standard InChI is InChI=1S/C11H10Cl3NOS/c1-5-6(2)9-7(4-8(5)17-14)11(12,13)10(16)15(9)3/h4H,1-3H3. The Hall–Kier alpha value is -0.0900. The topological polar surface area (TPSA) is 20.3 Å². The molecule has 1 amide bonds. The molecule has 0 saturated heterocycles. The second kappa shape index (κ2) is 4.23. The van der Waals surface area contributed by atoms with Crippen molar-refractivity contribution in [1.29, 1.82) is 0 Å². The van der Waals surface area contributed by atoms with E-state index >= 15 is 0 Å². The van der Waals surface area contributed by atoms with Gasteiger partial charge in [0.15, 0.2) is 0 Å². The van der Waals surface area contributed by atoms with Gasteiger partial charge in [0.05, 0.1) is 5.69 Å². The molecule has 1 aliphatic heterocycles. The number of carbonyl (C=O) groups is 1. The molecule has 2 nitrogen and oxygen atoms in total. The van der Waals surface area contributed by atoms with E-state index in [9.17, 15) is 4.79 Å². The monoisotopic (exact) mass is 309 g/mol. The van der Waals surface area contributed by atoms with Crippen LogP contribution in [0.1, 0.15) is 16.7 Å². The van der Waals surface area contributed by atoms with Crippen LogP contribution >= 0.6 is 44.9 Å². The number of rotatable bonds is 1. The number of amides is 1. The predicted molar refractivity (Wildman–Crippen MR) is 74.4 cm³/mol. The minimum Gasteiger partial charge on any atom is -0.312 e. The van der Waals surface area contributed by atoms with Crippen molar-refractivity contribution in [2.75, 3.05) is 11.9 Å². The number of benzene rings is 1. The number of fused-ring (bicyclic) bond motifs is 1. The summed E-state index contributed by atoms with van der Waals surface area (Å²) in [7, 11) is 8.58. The van der Waals surface area contributed by atoms with Gasteiger partial charge in [-0.3, -0.25) is 4.79 Å². The van der Waals surface area contributed by atoms with Crippen LogP contribution in [-0.4, -0.2) is 13.0 Å². The Labute approximate surface area is 119 Å². The average Bonchev–Trinajstić information content (AvgIpc) is 2.45. The van der Waals surface area contributed by atoms with Crippen LogP contribution in [0.5, 0.6) is 0 Å². The Morgan fingerprint density at radius 3 is 2.41 bits per heavy atom. The highest BCUT2D eigenvalue weighted by atomic mass is 35.7. The van der Waals surface area contributed by atoms with Gasteiger partial charge in [-0.1, -0.05) is 23.2 Å². The van der Waals surface area contributed by atoms with Crippen molar-refractivity contribution in [1.82, 2.24) is 0 Å². The van der Waals surface area contributed by atoms with Gasteiger partial charge in [0.2, 0.25) is 4.33 Å². The van der Waals surface area contributed by atoms with E-state index in [0.717, 1.165) is 32.7 Å². The molecule has 2 rings (SSSR count). The van der Waals surface area contributed by atoms with E-state index in [1.807, 2.05) is 13.8 Å². The maximum Gasteiger partial charge on any atom is 0.267 e. The number of halogens is 3. The maximum absolute atomic E-state index is 12.0. The molecule has 0 spiro atoms. The molecule has 1 aromatic rings. The molecule has 1 aromatic carbocycles. The first-order valence-electron chi connectivity index (χ1n) is 4.91. The Morgan fingerprint density at radius 1 is 1.29 bits per heavy atom. The summed E-state index contributed by atoms with van der Waals surface area (Å²) in [5.41, 5.74) is 3.41. The first-order chi connectivity index (χ1) is 7.82. The lowest BCUT2D eigenvalue weighted by molar-refractivity contribution is -0.118. The summed E-state index contributed by atoms with van der Waals surface area (Å²) >= 11 is 12.2. The van der Waals surface area contributed by atoms with Crippen molar-refractivity contribution in [2.45, 2.75) is 23.1 Å². The SMILES string of the molecule is Cc1c(SCl)cc2c(c1C)N(C)C(=O)C2(Cl)Cl. The quantitative estimate of drug-likeness (QED) is 0.726. The largest absolute Gasteiger partial charge is 0.312 e. The Bertz CT molecular complexity index is 516. The fourth-order valence-electron chi connectivity index (χ4n) is 2.05. The van der Waals surface area contributed by atoms with E-state index < -0.39 is 4.33 Å². The van der Waals surface area contributed by atoms with Crippen molar-refractivity contribution in [3.8, 4) is 0 Å². The highest BCUT2D eigenvalue weighted by Gasteiger charge is 2.48. The minimum atomic E-state index is -1.51. The molecule has 0 atom stereocenters. The van der Waals surface area contributed by atoms with E-state index in [0.29, 0.717) is 5.56 Å². The zero-order valence-corrected chi connectivity index (χ0v) is 12.6. The fraction of sp³-hybridized carbons (Fsp3) is 0.364. The van der Waals surface area contributed by atoms with Gasteiger partial charge in [0.25, 0.3) is 5.91 Å². The first kappa shape index (κ1) is 13.3. The zero-order valence-electron chi connectivity index (χ0n) is 9.47. The molecule has 6 heteroatoms. The predicted octanol–water partition coefficient (Wildman–Crippen LogP) is 4.16. The van der Waals surface area contributed by atoms with Crippen LogP contribution in [0.4, 0.5) is 5.69 Å². The molecule has 17 heavy (non-hydrogen) atoms. The Kier molecular flexibility index (Phi) is 3.32. The van der Waals surface area contributed by atoms with Gasteiger partial charge in [-0.25, -0.2) is 0 Å². The van der Waals surface area contributed by atoms with Gasteiger partial charge in [-0.05, 0) is 52.7 Å². The van der Waals surface area contributed by atoms with Gasteiger partial charge < -0.3 is 4.90 Å². The number of nitrogens with zero attached hydrogens (tertiary/aromatic N) is 1. The highest BCUT2D eigenvalue weighted by molar-refractivity contribution is 8.21. The van der Waals surface area contributed by atoms with Crippen molar-refractivity contribution in [2.24, 2.45) is 0 Å². The molecule has 0 saturated carbocycles. The number of hydrogen-bond acceptors (Lipinski definition) is 2. The van der Waals surface area contributed by atoms with Gasteiger partial charge in [0, 0.05) is 17.5 Å². The summed E-state index contributed by atoms with van der Waals surface area (Å²) in [4.78, 5) is 14.3. The third-order valence-electron chi connectivity index (χ3n) is 3.15. The zero-order chi connectivity index (χ0) is 13.0. The molecular weight excluding hydrogens is 301 g/mol. The van der Waals surface area contributed by atoms with Crippen LogP contribution in [-0.2, 0) is 9.13 Å². The van der Waals surface area contributed by atoms with Gasteiger partial charge >= 0.3 is 0 Å². The molecule has 0 aromatic heterocycles. The summed E-state index contributed by atoms with van der Waals surface area (Å²) in [6, 6.07) is 1.79. The smallest absolute Gasteiger partial charge is 0.267 e. The van der Waals surface area contributed by atoms with Gasteiger partial charge in [-0.2, -0.15) is 0 Å². The minimum absolute atomic E-state index is 0.324. The van der Waals surface area contributed by atoms with Gasteiger partial charge in [-0.15, -0.1) is 0 Å². The third-order valence-corrected chi connectivity index (χ3v) is 4.97. The molecule has 0 unspecified atom stereocenters. The molecular formula is C11H10Cl3NOS. The van der Waals surface area contributed by atoms with E-state index in [1.54, 1.807) is 13.1 Å². The van der Waals surface area contributed by atoms with Crippen molar-refractivity contribution >= 4 is 56.5 Å². The summed E-state index contributed by atoms with van der Waals surface area (Å²) in [5.74, 6) is -0.324. The van der Waals surface area contributed by atoms with Crippen LogP contribution in [0.25, 0.3) is 0 Å². The molecule has 0 bridgehead atoms. The summed E-state index contributed by atoms with van der Waals surface area (Å²) in [5, 5.41) is 0. The molecule has 0 radical (unpaired) electrons. The van der Waals surface area contributed by atoms with Crippen LogP contribution in [0, 0.1) is 13.8 Å². The van der Waals surface area contributed by atoms with Crippen molar-refractivity contribution < 1.29 is 4.79 Å². The number of hydrogen-bond donors (Lipinski definition) is 0. The molecule has 0 aliphatic carbocycles. The number of anilines is 1. The lowest BCUT2D eigenvalue weighted by Crippen LogP contribution is -2.29. The number of likely N-dealkylation sites (N-methyl/N-ethyl adjacent to an activating group) is 1. The van der Waals surface area contributed by atoms with E-state index in [-0.39, 0.29) is 5.91 Å². The molecule has 92 valence electrons. The first-order valence-corrected chi connectivity index (χ1v) is 7.31. The van der Waals surface area contributed by atoms with Crippen molar-refractivity contribution in [3.63, 3.8) is 0 Å². The van der Waals surface area contributed by atoms with E-state index in [1.165, 1.54) is 4.90 Å². The Balaban J connectivity index is 2.80. The Morgan fingerprint density at radius 2 is 1.88 bits per heavy atom. The number of carbonyl (C=O) groups excluding carboxylic acids is 1. The highest BCUT2D eigenvalue weighted by Crippen LogP contribution is 2.51.